The van der Waals surface area contributed by atoms with Crippen molar-refractivity contribution in [1.82, 2.24) is 0 Å². The molecular weight excluding hydrogens is 204 g/mol. The summed E-state index contributed by atoms with van der Waals surface area (Å²) in [6, 6.07) is 4.90. The van der Waals surface area contributed by atoms with Crippen LogP contribution in [-0.2, 0) is 0 Å². The first-order valence-electron chi connectivity index (χ1n) is 5.04. The number of aromatic hydroxyl groups is 2. The molecule has 0 radical (unpaired) electrons. The summed E-state index contributed by atoms with van der Waals surface area (Å²) in [7, 11) is 0. The van der Waals surface area contributed by atoms with Gasteiger partial charge in [-0.1, -0.05) is 12.2 Å². The smallest absolute Gasteiger partial charge is 0.368 e. The molecule has 1 aromatic heterocycles. The Bertz CT molecular complexity index is 571. The molecule has 0 unspecified atom stereocenters. The molecule has 0 fully saturated rings. The molecule has 0 aliphatic heterocycles. The summed E-state index contributed by atoms with van der Waals surface area (Å²) < 4.78 is 5.44. The lowest BCUT2D eigenvalue weighted by Crippen LogP contribution is -1.81. The Labute approximate surface area is 93.3 Å². The molecule has 3 heteroatoms. The summed E-state index contributed by atoms with van der Waals surface area (Å²) >= 11 is 0. The number of benzene rings is 1. The first kappa shape index (κ1) is 10.5. The van der Waals surface area contributed by atoms with Crippen molar-refractivity contribution < 1.29 is 14.6 Å². The van der Waals surface area contributed by atoms with E-state index in [9.17, 15) is 10.2 Å². The van der Waals surface area contributed by atoms with Crippen molar-refractivity contribution >= 4 is 17.0 Å². The van der Waals surface area contributed by atoms with Crippen LogP contribution in [0.15, 0.2) is 28.7 Å². The van der Waals surface area contributed by atoms with Crippen LogP contribution in [0.3, 0.4) is 0 Å². The molecule has 0 bridgehead atoms. The van der Waals surface area contributed by atoms with Gasteiger partial charge >= 0.3 is 11.3 Å². The zero-order valence-electron chi connectivity index (χ0n) is 9.19. The molecular formula is C13H13O3+. The number of rotatable bonds is 1. The van der Waals surface area contributed by atoms with Gasteiger partial charge in [-0.3, -0.25) is 0 Å². The van der Waals surface area contributed by atoms with E-state index in [-0.39, 0.29) is 11.5 Å². The maximum atomic E-state index is 9.73. The largest absolute Gasteiger partial charge is 0.507 e. The number of phenols is 1. The van der Waals surface area contributed by atoms with Crippen LogP contribution in [0, 0.1) is 6.92 Å². The van der Waals surface area contributed by atoms with Crippen LogP contribution in [0.4, 0.5) is 0 Å². The third-order valence-corrected chi connectivity index (χ3v) is 2.42. The molecule has 0 saturated carbocycles. The van der Waals surface area contributed by atoms with Crippen molar-refractivity contribution in [2.24, 2.45) is 0 Å². The number of phenolic OH excluding ortho intramolecular Hbond substituents is 1. The summed E-state index contributed by atoms with van der Waals surface area (Å²) in [5.41, 5.74) is 1.34. The fourth-order valence-electron chi connectivity index (χ4n) is 1.58. The quantitative estimate of drug-likeness (QED) is 0.719. The van der Waals surface area contributed by atoms with Crippen LogP contribution in [0.2, 0.25) is 0 Å². The van der Waals surface area contributed by atoms with Gasteiger partial charge < -0.3 is 10.2 Å². The third kappa shape index (κ3) is 1.72. The van der Waals surface area contributed by atoms with Gasteiger partial charge in [-0.2, -0.15) is 0 Å². The molecule has 0 saturated heterocycles. The predicted octanol–water partition coefficient (Wildman–Crippen LogP) is 3.47. The predicted molar refractivity (Wildman–Crippen MR) is 63.4 cm³/mol. The lowest BCUT2D eigenvalue weighted by atomic mass is 10.1. The van der Waals surface area contributed by atoms with Gasteiger partial charge in [0, 0.05) is 11.6 Å². The number of allylic oxidation sites excluding steroid dienone is 1. The normalized spacial score (nSPS) is 11.4. The van der Waals surface area contributed by atoms with Crippen LogP contribution in [0.25, 0.3) is 17.0 Å². The van der Waals surface area contributed by atoms with E-state index in [1.165, 1.54) is 0 Å². The van der Waals surface area contributed by atoms with Crippen LogP contribution in [0.5, 0.6) is 11.5 Å². The Morgan fingerprint density at radius 2 is 1.81 bits per heavy atom. The number of hydrogen-bond donors (Lipinski definition) is 2. The van der Waals surface area contributed by atoms with Crippen molar-refractivity contribution in [3.63, 3.8) is 0 Å². The topological polar surface area (TPSA) is 51.8 Å². The average molecular weight is 217 g/mol. The molecule has 16 heavy (non-hydrogen) atoms. The molecule has 2 rings (SSSR count). The minimum atomic E-state index is 0.0886. The lowest BCUT2D eigenvalue weighted by molar-refractivity contribution is 0.431. The molecule has 82 valence electrons. The second-order valence-electron chi connectivity index (χ2n) is 3.64. The van der Waals surface area contributed by atoms with Crippen molar-refractivity contribution in [2.75, 3.05) is 0 Å². The lowest BCUT2D eigenvalue weighted by Gasteiger charge is -1.98. The Morgan fingerprint density at radius 3 is 2.50 bits per heavy atom. The molecule has 0 spiro atoms. The van der Waals surface area contributed by atoms with Crippen LogP contribution in [-0.4, -0.2) is 10.2 Å². The minimum Gasteiger partial charge on any atom is -0.507 e. The monoisotopic (exact) mass is 217 g/mol. The summed E-state index contributed by atoms with van der Waals surface area (Å²) in [4.78, 5) is 0. The van der Waals surface area contributed by atoms with E-state index in [1.807, 2.05) is 13.0 Å². The highest BCUT2D eigenvalue weighted by Gasteiger charge is 2.16. The van der Waals surface area contributed by atoms with E-state index in [1.54, 1.807) is 31.2 Å². The second kappa shape index (κ2) is 3.85. The molecule has 2 aromatic rings. The molecule has 0 atom stereocenters. The van der Waals surface area contributed by atoms with Crippen molar-refractivity contribution in [3.8, 4) is 11.5 Å². The van der Waals surface area contributed by atoms with Gasteiger partial charge in [0.1, 0.15) is 5.75 Å². The fraction of sp³-hybridized carbons (Fsp3) is 0.154. The molecule has 0 amide bonds. The highest BCUT2D eigenvalue weighted by molar-refractivity contribution is 5.83. The van der Waals surface area contributed by atoms with Gasteiger partial charge in [-0.15, -0.1) is 0 Å². The van der Waals surface area contributed by atoms with Gasteiger partial charge in [0.15, 0.2) is 0 Å². The maximum Gasteiger partial charge on any atom is 0.368 e. The van der Waals surface area contributed by atoms with E-state index in [0.717, 1.165) is 0 Å². The maximum absolute atomic E-state index is 9.73. The molecule has 0 aliphatic rings. The highest BCUT2D eigenvalue weighted by Crippen LogP contribution is 2.30. The molecule has 3 nitrogen and oxygen atoms in total. The first-order chi connectivity index (χ1) is 7.61. The average Bonchev–Trinajstić information content (AvgIpc) is 2.23. The van der Waals surface area contributed by atoms with Crippen molar-refractivity contribution in [1.29, 1.82) is 0 Å². The summed E-state index contributed by atoms with van der Waals surface area (Å²) in [5.74, 6) is 0.722. The second-order valence-corrected chi connectivity index (χ2v) is 3.64. The molecule has 0 aliphatic carbocycles. The third-order valence-electron chi connectivity index (χ3n) is 2.42. The number of aryl methyl sites for hydroxylation is 1. The summed E-state index contributed by atoms with van der Waals surface area (Å²) in [5, 5.41) is 19.9. The van der Waals surface area contributed by atoms with Gasteiger partial charge in [-0.05, 0) is 13.0 Å². The minimum absolute atomic E-state index is 0.0886. The van der Waals surface area contributed by atoms with Crippen LogP contribution in [0.1, 0.15) is 18.2 Å². The number of fused-ring (bicyclic) bond motifs is 1. The summed E-state index contributed by atoms with van der Waals surface area (Å²) in [6.07, 6.45) is 3.64. The van der Waals surface area contributed by atoms with E-state index >= 15 is 0 Å². The zero-order valence-corrected chi connectivity index (χ0v) is 9.19. The fourth-order valence-corrected chi connectivity index (χ4v) is 1.58. The van der Waals surface area contributed by atoms with E-state index in [4.69, 9.17) is 4.42 Å². The molecule has 1 aromatic carbocycles. The van der Waals surface area contributed by atoms with Crippen LogP contribution < -0.4 is 0 Å². The standard InChI is InChI=1S/C13H12O3/c1-3-4-9-7-13-10(6-12(9)15)5-11(14)8(2)16-13/h3-7H,1-2H3,(H-,14,15)/p+1. The Hall–Kier alpha value is -2.03. The Balaban J connectivity index is 2.74. The van der Waals surface area contributed by atoms with E-state index in [0.29, 0.717) is 22.3 Å². The van der Waals surface area contributed by atoms with Gasteiger partial charge in [0.25, 0.3) is 0 Å². The number of hydrogen-bond acceptors (Lipinski definition) is 2. The van der Waals surface area contributed by atoms with Crippen molar-refractivity contribution in [3.05, 3.63) is 35.6 Å². The SMILES string of the molecule is CC=Cc1cc2[o+]c(C)c(O)cc2cc1O. The van der Waals surface area contributed by atoms with Crippen LogP contribution >= 0.6 is 0 Å². The Kier molecular flexibility index (Phi) is 2.52. The first-order valence-corrected chi connectivity index (χ1v) is 5.04. The molecule has 1 heterocycles. The highest BCUT2D eigenvalue weighted by atomic mass is 16.4. The van der Waals surface area contributed by atoms with Gasteiger partial charge in [0.2, 0.25) is 5.75 Å². The zero-order chi connectivity index (χ0) is 11.7. The Morgan fingerprint density at radius 1 is 1.12 bits per heavy atom. The van der Waals surface area contributed by atoms with Gasteiger partial charge in [-0.25, -0.2) is 4.42 Å². The van der Waals surface area contributed by atoms with E-state index < -0.39 is 0 Å². The van der Waals surface area contributed by atoms with Gasteiger partial charge in [0.05, 0.1) is 18.4 Å². The van der Waals surface area contributed by atoms with E-state index in [2.05, 4.69) is 0 Å². The van der Waals surface area contributed by atoms with Crippen molar-refractivity contribution in [2.45, 2.75) is 13.8 Å². The molecule has 2 N–H and O–H groups in total. The summed E-state index contributed by atoms with van der Waals surface area (Å²) in [6.45, 7) is 3.57.